The van der Waals surface area contributed by atoms with Gasteiger partial charge in [-0.3, -0.25) is 4.79 Å². The summed E-state index contributed by atoms with van der Waals surface area (Å²) in [6.45, 7) is 0. The molecule has 0 saturated heterocycles. The fraction of sp³-hybridized carbons (Fsp3) is 0.0833. The number of benzene rings is 3. The number of amides is 1. The number of oxazole rings is 1. The van der Waals surface area contributed by atoms with Crippen LogP contribution >= 0.6 is 0 Å². The van der Waals surface area contributed by atoms with Gasteiger partial charge in [-0.15, -0.1) is 0 Å². The fourth-order valence-electron chi connectivity index (χ4n) is 3.04. The van der Waals surface area contributed by atoms with Gasteiger partial charge in [0.25, 0.3) is 5.91 Å². The van der Waals surface area contributed by atoms with Crippen LogP contribution in [0.4, 0.5) is 5.69 Å². The van der Waals surface area contributed by atoms with Crippen LogP contribution in [0.1, 0.15) is 10.5 Å². The van der Waals surface area contributed by atoms with E-state index in [1.165, 1.54) is 6.39 Å². The smallest absolute Gasteiger partial charge is 0.278 e. The molecule has 0 atom stereocenters. The summed E-state index contributed by atoms with van der Waals surface area (Å²) in [4.78, 5) is 17.0. The number of nitrogens with one attached hydrogen (secondary N) is 1. The van der Waals surface area contributed by atoms with Crippen molar-refractivity contribution in [3.63, 3.8) is 0 Å². The summed E-state index contributed by atoms with van der Waals surface area (Å²) in [6.07, 6.45) is 1.23. The standard InChI is InChI=1S/C24H20N2O5/c1-28-20-12-11-16(13-21(20)29-2)23-22(25-15-30-23)24(27)26-17-7-6-10-19(14-17)31-18-8-4-3-5-9-18/h3-15H,1-2H3,(H,26,27). The summed E-state index contributed by atoms with van der Waals surface area (Å²) in [6, 6.07) is 21.8. The number of methoxy groups -OCH3 is 2. The number of hydrogen-bond donors (Lipinski definition) is 1. The lowest BCUT2D eigenvalue weighted by atomic mass is 10.1. The zero-order valence-corrected chi connectivity index (χ0v) is 17.0. The molecule has 4 aromatic rings. The topological polar surface area (TPSA) is 82.8 Å². The van der Waals surface area contributed by atoms with Crippen molar-refractivity contribution in [1.29, 1.82) is 0 Å². The molecule has 0 saturated carbocycles. The van der Waals surface area contributed by atoms with Gasteiger partial charge in [0.05, 0.1) is 14.2 Å². The second-order valence-electron chi connectivity index (χ2n) is 6.50. The van der Waals surface area contributed by atoms with Gasteiger partial charge >= 0.3 is 0 Å². The van der Waals surface area contributed by atoms with Crippen molar-refractivity contribution < 1.29 is 23.4 Å². The second kappa shape index (κ2) is 9.04. The summed E-state index contributed by atoms with van der Waals surface area (Å²) >= 11 is 0. The number of nitrogens with zero attached hydrogens (tertiary/aromatic N) is 1. The van der Waals surface area contributed by atoms with Gasteiger partial charge < -0.3 is 23.9 Å². The molecule has 0 unspecified atom stereocenters. The molecule has 0 radical (unpaired) electrons. The summed E-state index contributed by atoms with van der Waals surface area (Å²) in [5.74, 6) is 2.33. The highest BCUT2D eigenvalue weighted by atomic mass is 16.5. The molecule has 0 fully saturated rings. The Morgan fingerprint density at radius 3 is 2.42 bits per heavy atom. The molecule has 156 valence electrons. The van der Waals surface area contributed by atoms with Crippen molar-refractivity contribution in [2.45, 2.75) is 0 Å². The molecule has 0 aliphatic rings. The molecule has 7 nitrogen and oxygen atoms in total. The van der Waals surface area contributed by atoms with Crippen LogP contribution in [-0.4, -0.2) is 25.1 Å². The maximum absolute atomic E-state index is 12.9. The third-order valence-electron chi connectivity index (χ3n) is 4.50. The molecular weight excluding hydrogens is 396 g/mol. The van der Waals surface area contributed by atoms with Crippen LogP contribution in [0.2, 0.25) is 0 Å². The van der Waals surface area contributed by atoms with E-state index >= 15 is 0 Å². The number of rotatable bonds is 7. The van der Waals surface area contributed by atoms with E-state index in [1.54, 1.807) is 50.6 Å². The lowest BCUT2D eigenvalue weighted by molar-refractivity contribution is 0.102. The molecule has 0 bridgehead atoms. The van der Waals surface area contributed by atoms with E-state index < -0.39 is 5.91 Å². The Bertz CT molecular complexity index is 1190. The number of carbonyl (C=O) groups is 1. The summed E-state index contributed by atoms with van der Waals surface area (Å²) in [5, 5.41) is 2.83. The second-order valence-corrected chi connectivity index (χ2v) is 6.50. The number of aromatic nitrogens is 1. The van der Waals surface area contributed by atoms with Crippen LogP contribution in [0.25, 0.3) is 11.3 Å². The third kappa shape index (κ3) is 4.51. The maximum Gasteiger partial charge on any atom is 0.278 e. The van der Waals surface area contributed by atoms with Gasteiger partial charge in [-0.25, -0.2) is 4.98 Å². The Balaban J connectivity index is 1.54. The molecule has 1 amide bonds. The van der Waals surface area contributed by atoms with Gasteiger partial charge in [0.1, 0.15) is 11.5 Å². The number of hydrogen-bond acceptors (Lipinski definition) is 6. The van der Waals surface area contributed by atoms with Crippen LogP contribution in [0.5, 0.6) is 23.0 Å². The molecule has 0 aliphatic heterocycles. The van der Waals surface area contributed by atoms with Crippen molar-refractivity contribution in [3.8, 4) is 34.3 Å². The average molecular weight is 416 g/mol. The Morgan fingerprint density at radius 1 is 0.871 bits per heavy atom. The Hall–Kier alpha value is -4.26. The van der Waals surface area contributed by atoms with E-state index in [1.807, 2.05) is 36.4 Å². The molecule has 1 aromatic heterocycles. The molecule has 1 N–H and O–H groups in total. The van der Waals surface area contributed by atoms with Crippen LogP contribution in [0, 0.1) is 0 Å². The van der Waals surface area contributed by atoms with Gasteiger partial charge in [-0.1, -0.05) is 24.3 Å². The summed E-state index contributed by atoms with van der Waals surface area (Å²) in [5.41, 5.74) is 1.36. The first-order valence-electron chi connectivity index (χ1n) is 9.48. The van der Waals surface area contributed by atoms with E-state index in [-0.39, 0.29) is 5.69 Å². The normalized spacial score (nSPS) is 10.4. The number of para-hydroxylation sites is 1. The highest BCUT2D eigenvalue weighted by Gasteiger charge is 2.20. The minimum absolute atomic E-state index is 0.154. The van der Waals surface area contributed by atoms with Gasteiger partial charge in [0, 0.05) is 17.3 Å². The molecule has 4 rings (SSSR count). The van der Waals surface area contributed by atoms with Crippen molar-refractivity contribution in [2.24, 2.45) is 0 Å². The average Bonchev–Trinajstić information content (AvgIpc) is 3.30. The van der Waals surface area contributed by atoms with E-state index in [4.69, 9.17) is 18.6 Å². The lowest BCUT2D eigenvalue weighted by Crippen LogP contribution is -2.13. The monoisotopic (exact) mass is 416 g/mol. The van der Waals surface area contributed by atoms with Gasteiger partial charge in [-0.2, -0.15) is 0 Å². The molecule has 31 heavy (non-hydrogen) atoms. The number of ether oxygens (including phenoxy) is 3. The first-order valence-corrected chi connectivity index (χ1v) is 9.48. The van der Waals surface area contributed by atoms with Crippen LogP contribution < -0.4 is 19.5 Å². The van der Waals surface area contributed by atoms with Crippen molar-refractivity contribution >= 4 is 11.6 Å². The zero-order valence-electron chi connectivity index (χ0n) is 17.0. The fourth-order valence-corrected chi connectivity index (χ4v) is 3.04. The van der Waals surface area contributed by atoms with Gasteiger partial charge in [0.2, 0.25) is 0 Å². The Morgan fingerprint density at radius 2 is 1.65 bits per heavy atom. The third-order valence-corrected chi connectivity index (χ3v) is 4.50. The Labute approximate surface area is 179 Å². The minimum Gasteiger partial charge on any atom is -0.493 e. The van der Waals surface area contributed by atoms with Crippen LogP contribution in [0.3, 0.4) is 0 Å². The molecule has 1 heterocycles. The van der Waals surface area contributed by atoms with Crippen molar-refractivity contribution in [3.05, 3.63) is 84.9 Å². The highest BCUT2D eigenvalue weighted by Crippen LogP contribution is 2.34. The van der Waals surface area contributed by atoms with E-state index in [0.717, 1.165) is 0 Å². The zero-order chi connectivity index (χ0) is 21.6. The molecule has 0 aliphatic carbocycles. The molecule has 0 spiro atoms. The maximum atomic E-state index is 12.9. The summed E-state index contributed by atoms with van der Waals surface area (Å²) in [7, 11) is 3.10. The van der Waals surface area contributed by atoms with E-state index in [0.29, 0.717) is 40.0 Å². The Kier molecular flexibility index (Phi) is 5.84. The SMILES string of the molecule is COc1ccc(-c2ocnc2C(=O)Nc2cccc(Oc3ccccc3)c2)cc1OC. The first-order chi connectivity index (χ1) is 15.2. The predicted molar refractivity (Wildman–Crippen MR) is 116 cm³/mol. The van der Waals surface area contributed by atoms with E-state index in [9.17, 15) is 4.79 Å². The predicted octanol–water partition coefficient (Wildman–Crippen LogP) is 5.40. The largest absolute Gasteiger partial charge is 0.493 e. The van der Waals surface area contributed by atoms with Crippen LogP contribution in [0.15, 0.2) is 83.6 Å². The first kappa shape index (κ1) is 20.0. The van der Waals surface area contributed by atoms with Crippen LogP contribution in [-0.2, 0) is 0 Å². The molecule has 3 aromatic carbocycles. The van der Waals surface area contributed by atoms with Crippen molar-refractivity contribution in [2.75, 3.05) is 19.5 Å². The number of anilines is 1. The summed E-state index contributed by atoms with van der Waals surface area (Å²) < 4.78 is 21.9. The number of carbonyl (C=O) groups excluding carboxylic acids is 1. The highest BCUT2D eigenvalue weighted by molar-refractivity contribution is 6.06. The van der Waals surface area contributed by atoms with Gasteiger partial charge in [-0.05, 0) is 42.5 Å². The lowest BCUT2D eigenvalue weighted by Gasteiger charge is -2.10. The quantitative estimate of drug-likeness (QED) is 0.434. The van der Waals surface area contributed by atoms with Crippen molar-refractivity contribution in [1.82, 2.24) is 4.98 Å². The molecule has 7 heteroatoms. The van der Waals surface area contributed by atoms with E-state index in [2.05, 4.69) is 10.3 Å². The van der Waals surface area contributed by atoms with Gasteiger partial charge in [0.15, 0.2) is 29.3 Å². The molecular formula is C24H20N2O5. The minimum atomic E-state index is -0.407.